The lowest BCUT2D eigenvalue weighted by Gasteiger charge is -2.24. The van der Waals surface area contributed by atoms with Crippen LogP contribution in [0.15, 0.2) is 24.3 Å². The minimum absolute atomic E-state index is 0.0904. The van der Waals surface area contributed by atoms with Crippen molar-refractivity contribution in [2.45, 2.75) is 290 Å². The minimum atomic E-state index is -4.28. The van der Waals surface area contributed by atoms with Gasteiger partial charge in [0, 0.05) is 13.0 Å². The van der Waals surface area contributed by atoms with Crippen LogP contribution in [0.5, 0.6) is 0 Å². The molecule has 0 aromatic rings. The first-order valence-electron chi connectivity index (χ1n) is 29.1. The standard InChI is InChI=1S/C58H114NO7P/c1-6-8-10-12-14-16-18-20-22-24-26-28-30-31-33-35-37-39-41-43-45-47-49-51-58(60)66-57(56-65-67(61,62)64-54-52-59(3,4)5)55-63-53-50-48-46-44-42-40-38-36-34-32-29-27-25-23-21-19-17-15-13-11-9-7-2/h24-27,57H,6-23,28-56H2,1-5H3/p+1/b26-24-,27-25-. The van der Waals surface area contributed by atoms with Gasteiger partial charge in [-0.1, -0.05) is 237 Å². The first-order valence-corrected chi connectivity index (χ1v) is 30.6. The number of phosphoric acid groups is 1. The predicted octanol–water partition coefficient (Wildman–Crippen LogP) is 18.3. The molecular formula is C58H115NO7P+. The van der Waals surface area contributed by atoms with E-state index in [1.807, 2.05) is 21.1 Å². The van der Waals surface area contributed by atoms with Gasteiger partial charge in [0.05, 0.1) is 34.4 Å². The number of phosphoric ester groups is 1. The Balaban J connectivity index is 4.05. The monoisotopic (exact) mass is 969 g/mol. The molecular weight excluding hydrogens is 854 g/mol. The Hall–Kier alpha value is -1.02. The molecule has 1 N–H and O–H groups in total. The van der Waals surface area contributed by atoms with E-state index in [-0.39, 0.29) is 25.8 Å². The van der Waals surface area contributed by atoms with E-state index in [2.05, 4.69) is 38.2 Å². The van der Waals surface area contributed by atoms with Crippen molar-refractivity contribution < 1.29 is 37.3 Å². The summed E-state index contributed by atoms with van der Waals surface area (Å²) in [6.07, 6.45) is 62.4. The molecule has 0 aliphatic heterocycles. The van der Waals surface area contributed by atoms with E-state index in [0.717, 1.165) is 32.1 Å². The number of carbonyl (C=O) groups excluding carboxylic acids is 1. The highest BCUT2D eigenvalue weighted by Gasteiger charge is 2.26. The maximum Gasteiger partial charge on any atom is 0.472 e. The molecule has 0 spiro atoms. The predicted molar refractivity (Wildman–Crippen MR) is 289 cm³/mol. The Kier molecular flexibility index (Phi) is 50.6. The van der Waals surface area contributed by atoms with Crippen LogP contribution in [0.1, 0.15) is 284 Å². The molecule has 0 aromatic carbocycles. The Morgan fingerprint density at radius 3 is 1.13 bits per heavy atom. The largest absolute Gasteiger partial charge is 0.472 e. The van der Waals surface area contributed by atoms with Gasteiger partial charge in [-0.2, -0.15) is 0 Å². The molecule has 0 saturated carbocycles. The van der Waals surface area contributed by atoms with Crippen molar-refractivity contribution in [2.24, 2.45) is 0 Å². The summed E-state index contributed by atoms with van der Waals surface area (Å²) in [5.74, 6) is -0.309. The maximum atomic E-state index is 12.8. The second-order valence-corrected chi connectivity index (χ2v) is 22.5. The van der Waals surface area contributed by atoms with E-state index in [4.69, 9.17) is 18.5 Å². The number of esters is 1. The van der Waals surface area contributed by atoms with Gasteiger partial charge < -0.3 is 18.9 Å². The van der Waals surface area contributed by atoms with E-state index in [1.54, 1.807) is 0 Å². The number of quaternary nitrogens is 1. The molecule has 0 fully saturated rings. The fraction of sp³-hybridized carbons (Fsp3) is 0.914. The van der Waals surface area contributed by atoms with Crippen molar-refractivity contribution >= 4 is 13.8 Å². The molecule has 0 radical (unpaired) electrons. The first-order chi connectivity index (χ1) is 32.6. The van der Waals surface area contributed by atoms with E-state index >= 15 is 0 Å². The van der Waals surface area contributed by atoms with Gasteiger partial charge in [-0.3, -0.25) is 13.8 Å². The summed E-state index contributed by atoms with van der Waals surface area (Å²) in [4.78, 5) is 23.1. The highest BCUT2D eigenvalue weighted by Crippen LogP contribution is 2.43. The summed E-state index contributed by atoms with van der Waals surface area (Å²) in [6.45, 7) is 5.68. The van der Waals surface area contributed by atoms with Crippen LogP contribution in [-0.4, -0.2) is 75.6 Å². The average molecular weight is 970 g/mol. The average Bonchev–Trinajstić information content (AvgIpc) is 3.29. The van der Waals surface area contributed by atoms with E-state index < -0.39 is 13.9 Å². The summed E-state index contributed by atoms with van der Waals surface area (Å²) in [5, 5.41) is 0. The number of unbranched alkanes of at least 4 members (excludes halogenated alkanes) is 37. The fourth-order valence-corrected chi connectivity index (χ4v) is 9.23. The molecule has 2 unspecified atom stereocenters. The van der Waals surface area contributed by atoms with Gasteiger partial charge in [0.2, 0.25) is 0 Å². The van der Waals surface area contributed by atoms with Gasteiger partial charge in [0.25, 0.3) is 0 Å². The van der Waals surface area contributed by atoms with Crippen molar-refractivity contribution in [3.63, 3.8) is 0 Å². The number of ether oxygens (including phenoxy) is 2. The summed E-state index contributed by atoms with van der Waals surface area (Å²) >= 11 is 0. The Bertz CT molecular complexity index is 1120. The number of likely N-dealkylation sites (N-methyl/N-ethyl adjacent to an activating group) is 1. The topological polar surface area (TPSA) is 91.3 Å². The third-order valence-corrected chi connectivity index (χ3v) is 14.0. The molecule has 0 saturated heterocycles. The Labute approximate surface area is 417 Å². The molecule has 0 rings (SSSR count). The number of hydrogen-bond donors (Lipinski definition) is 1. The van der Waals surface area contributed by atoms with Gasteiger partial charge in [0.15, 0.2) is 0 Å². The van der Waals surface area contributed by atoms with Crippen molar-refractivity contribution in [3.05, 3.63) is 24.3 Å². The molecule has 0 heterocycles. The molecule has 2 atom stereocenters. The van der Waals surface area contributed by atoms with Crippen molar-refractivity contribution in [1.29, 1.82) is 0 Å². The highest BCUT2D eigenvalue weighted by atomic mass is 31.2. The molecule has 0 aromatic heterocycles. The lowest BCUT2D eigenvalue weighted by atomic mass is 10.0. The molecule has 0 aliphatic rings. The van der Waals surface area contributed by atoms with Crippen LogP contribution < -0.4 is 0 Å². The SMILES string of the molecule is CCCCCCCCCC/C=C\CCCCCCCCCCCCCC(=O)OC(COCCCCCCCCCCCC/C=C\CCCCCCCCCC)COP(=O)(O)OCC[N+](C)(C)C. The van der Waals surface area contributed by atoms with Crippen LogP contribution in [0.3, 0.4) is 0 Å². The van der Waals surface area contributed by atoms with Gasteiger partial charge in [-0.15, -0.1) is 0 Å². The van der Waals surface area contributed by atoms with Gasteiger partial charge in [-0.25, -0.2) is 4.57 Å². The van der Waals surface area contributed by atoms with Crippen molar-refractivity contribution in [1.82, 2.24) is 0 Å². The third-order valence-electron chi connectivity index (χ3n) is 13.0. The third kappa shape index (κ3) is 55.8. The van der Waals surface area contributed by atoms with Crippen LogP contribution >= 0.6 is 7.82 Å². The zero-order chi connectivity index (χ0) is 49.0. The molecule has 0 aliphatic carbocycles. The zero-order valence-electron chi connectivity index (χ0n) is 45.4. The second-order valence-electron chi connectivity index (χ2n) is 21.0. The first kappa shape index (κ1) is 66.0. The van der Waals surface area contributed by atoms with E-state index in [9.17, 15) is 14.3 Å². The lowest BCUT2D eigenvalue weighted by molar-refractivity contribution is -0.870. The van der Waals surface area contributed by atoms with Crippen LogP contribution in [0.2, 0.25) is 0 Å². The lowest BCUT2D eigenvalue weighted by Crippen LogP contribution is -2.37. The quantitative estimate of drug-likeness (QED) is 0.0213. The van der Waals surface area contributed by atoms with Crippen molar-refractivity contribution in [3.8, 4) is 0 Å². The van der Waals surface area contributed by atoms with Crippen LogP contribution in [0.25, 0.3) is 0 Å². The summed E-state index contributed by atoms with van der Waals surface area (Å²) in [6, 6.07) is 0. The Morgan fingerprint density at radius 1 is 0.448 bits per heavy atom. The van der Waals surface area contributed by atoms with Crippen LogP contribution in [0, 0.1) is 0 Å². The summed E-state index contributed by atoms with van der Waals surface area (Å²) in [7, 11) is 1.68. The molecule has 0 amide bonds. The van der Waals surface area contributed by atoms with E-state index in [0.29, 0.717) is 24.1 Å². The number of nitrogens with zero attached hydrogens (tertiary/aromatic N) is 1. The molecule has 67 heavy (non-hydrogen) atoms. The smallest absolute Gasteiger partial charge is 0.457 e. The number of allylic oxidation sites excluding steroid dienone is 4. The van der Waals surface area contributed by atoms with Gasteiger partial charge >= 0.3 is 13.8 Å². The zero-order valence-corrected chi connectivity index (χ0v) is 46.3. The molecule has 8 nitrogen and oxygen atoms in total. The Morgan fingerprint density at radius 2 is 0.776 bits per heavy atom. The molecule has 398 valence electrons. The minimum Gasteiger partial charge on any atom is -0.457 e. The van der Waals surface area contributed by atoms with Crippen LogP contribution in [0.4, 0.5) is 0 Å². The summed E-state index contributed by atoms with van der Waals surface area (Å²) < 4.78 is 35.3. The van der Waals surface area contributed by atoms with Crippen LogP contribution in [-0.2, 0) is 27.9 Å². The summed E-state index contributed by atoms with van der Waals surface area (Å²) in [5.41, 5.74) is 0. The van der Waals surface area contributed by atoms with Crippen molar-refractivity contribution in [2.75, 3.05) is 54.1 Å². The normalized spacial score (nSPS) is 13.6. The van der Waals surface area contributed by atoms with Gasteiger partial charge in [0.1, 0.15) is 19.3 Å². The highest BCUT2D eigenvalue weighted by molar-refractivity contribution is 7.47. The maximum absolute atomic E-state index is 12.8. The molecule has 9 heteroatoms. The molecule has 0 bridgehead atoms. The number of rotatable bonds is 55. The fourth-order valence-electron chi connectivity index (χ4n) is 8.49. The second kappa shape index (κ2) is 51.3. The van der Waals surface area contributed by atoms with Gasteiger partial charge in [-0.05, 0) is 64.2 Å². The number of carbonyl (C=O) groups is 1. The number of hydrogen-bond acceptors (Lipinski definition) is 6. The van der Waals surface area contributed by atoms with E-state index in [1.165, 1.54) is 231 Å².